The standard InChI is InChI=1S/C11H14N4O2S/c1-11(2,6-12)14-8(16)7-5-13-10-15(9(7)17)3-4-18-10/h3-5H,6,12H2,1-2H3,(H,14,16). The Hall–Kier alpha value is -1.73. The molecule has 2 aromatic rings. The van der Waals surface area contributed by atoms with Gasteiger partial charge in [-0.25, -0.2) is 4.98 Å². The Balaban J connectivity index is 2.39. The van der Waals surface area contributed by atoms with E-state index in [2.05, 4.69) is 10.3 Å². The van der Waals surface area contributed by atoms with Crippen molar-refractivity contribution in [2.45, 2.75) is 19.4 Å². The first kappa shape index (κ1) is 12.7. The highest BCUT2D eigenvalue weighted by Gasteiger charge is 2.21. The number of hydrogen-bond donors (Lipinski definition) is 2. The van der Waals surface area contributed by atoms with Crippen LogP contribution in [0.1, 0.15) is 24.2 Å². The summed E-state index contributed by atoms with van der Waals surface area (Å²) in [6.45, 7) is 3.87. The molecule has 2 heterocycles. The molecular weight excluding hydrogens is 252 g/mol. The van der Waals surface area contributed by atoms with Gasteiger partial charge in [0.05, 0.1) is 0 Å². The fourth-order valence-corrected chi connectivity index (χ4v) is 2.08. The lowest BCUT2D eigenvalue weighted by atomic mass is 10.1. The second-order valence-corrected chi connectivity index (χ2v) is 5.45. The van der Waals surface area contributed by atoms with Crippen molar-refractivity contribution in [2.75, 3.05) is 6.54 Å². The largest absolute Gasteiger partial charge is 0.346 e. The fraction of sp³-hybridized carbons (Fsp3) is 0.364. The molecule has 0 radical (unpaired) electrons. The van der Waals surface area contributed by atoms with E-state index in [4.69, 9.17) is 5.73 Å². The molecule has 0 atom stereocenters. The Kier molecular flexibility index (Phi) is 3.18. The molecule has 0 saturated heterocycles. The van der Waals surface area contributed by atoms with Crippen molar-refractivity contribution in [3.63, 3.8) is 0 Å². The Morgan fingerprint density at radius 1 is 1.61 bits per heavy atom. The Morgan fingerprint density at radius 3 is 3.00 bits per heavy atom. The van der Waals surface area contributed by atoms with Crippen LogP contribution >= 0.6 is 11.3 Å². The summed E-state index contributed by atoms with van der Waals surface area (Å²) in [4.78, 5) is 28.7. The summed E-state index contributed by atoms with van der Waals surface area (Å²) >= 11 is 1.34. The minimum absolute atomic E-state index is 0.0208. The third-order valence-corrected chi connectivity index (χ3v) is 3.32. The first-order valence-corrected chi connectivity index (χ1v) is 6.30. The monoisotopic (exact) mass is 266 g/mol. The van der Waals surface area contributed by atoms with Crippen molar-refractivity contribution in [3.8, 4) is 0 Å². The topological polar surface area (TPSA) is 89.5 Å². The van der Waals surface area contributed by atoms with Crippen LogP contribution in [0.15, 0.2) is 22.6 Å². The highest BCUT2D eigenvalue weighted by atomic mass is 32.1. The summed E-state index contributed by atoms with van der Waals surface area (Å²) in [6.07, 6.45) is 2.90. The third-order valence-electron chi connectivity index (χ3n) is 2.55. The zero-order valence-electron chi connectivity index (χ0n) is 10.1. The van der Waals surface area contributed by atoms with E-state index < -0.39 is 11.4 Å². The van der Waals surface area contributed by atoms with E-state index in [0.29, 0.717) is 4.96 Å². The van der Waals surface area contributed by atoms with Gasteiger partial charge in [-0.15, -0.1) is 11.3 Å². The SMILES string of the molecule is CC(C)(CN)NC(=O)c1cnc2sccn2c1=O. The highest BCUT2D eigenvalue weighted by molar-refractivity contribution is 7.15. The average Bonchev–Trinajstić information content (AvgIpc) is 2.77. The van der Waals surface area contributed by atoms with E-state index in [-0.39, 0.29) is 17.7 Å². The zero-order chi connectivity index (χ0) is 13.3. The van der Waals surface area contributed by atoms with Gasteiger partial charge >= 0.3 is 0 Å². The molecule has 1 amide bonds. The van der Waals surface area contributed by atoms with Crippen LogP contribution in [0.5, 0.6) is 0 Å². The first-order valence-electron chi connectivity index (χ1n) is 5.42. The van der Waals surface area contributed by atoms with Crippen molar-refractivity contribution >= 4 is 22.2 Å². The molecule has 6 nitrogen and oxygen atoms in total. The quantitative estimate of drug-likeness (QED) is 0.831. The van der Waals surface area contributed by atoms with Gasteiger partial charge in [0.25, 0.3) is 11.5 Å². The Morgan fingerprint density at radius 2 is 2.33 bits per heavy atom. The van der Waals surface area contributed by atoms with E-state index in [0.717, 1.165) is 0 Å². The van der Waals surface area contributed by atoms with Gasteiger partial charge in [-0.05, 0) is 13.8 Å². The molecule has 18 heavy (non-hydrogen) atoms. The summed E-state index contributed by atoms with van der Waals surface area (Å²) in [7, 11) is 0. The minimum Gasteiger partial charge on any atom is -0.346 e. The van der Waals surface area contributed by atoms with Crippen molar-refractivity contribution < 1.29 is 4.79 Å². The first-order chi connectivity index (χ1) is 8.44. The number of rotatable bonds is 3. The lowest BCUT2D eigenvalue weighted by molar-refractivity contribution is 0.0913. The molecule has 0 aliphatic carbocycles. The number of hydrogen-bond acceptors (Lipinski definition) is 5. The molecule has 7 heteroatoms. The Bertz CT molecular complexity index is 644. The number of nitrogens with zero attached hydrogens (tertiary/aromatic N) is 2. The number of fused-ring (bicyclic) bond motifs is 1. The van der Waals surface area contributed by atoms with Crippen LogP contribution < -0.4 is 16.6 Å². The van der Waals surface area contributed by atoms with Crippen molar-refractivity contribution in [3.05, 3.63) is 33.7 Å². The summed E-state index contributed by atoms with van der Waals surface area (Å²) in [5.74, 6) is -0.455. The number of amides is 1. The number of carbonyl (C=O) groups excluding carboxylic acids is 1. The van der Waals surface area contributed by atoms with E-state index in [1.165, 1.54) is 21.9 Å². The number of aromatic nitrogens is 2. The lowest BCUT2D eigenvalue weighted by Gasteiger charge is -2.23. The molecule has 0 bridgehead atoms. The second-order valence-electron chi connectivity index (χ2n) is 4.57. The molecule has 0 saturated carbocycles. The summed E-state index contributed by atoms with van der Waals surface area (Å²) < 4.78 is 1.36. The number of thiazole rings is 1. The lowest BCUT2D eigenvalue weighted by Crippen LogP contribution is -2.50. The summed E-state index contributed by atoms with van der Waals surface area (Å²) in [5.41, 5.74) is 4.63. The number of carbonyl (C=O) groups is 1. The number of nitrogens with one attached hydrogen (secondary N) is 1. The van der Waals surface area contributed by atoms with Crippen LogP contribution in [0.3, 0.4) is 0 Å². The molecule has 0 unspecified atom stereocenters. The van der Waals surface area contributed by atoms with Crippen LogP contribution in [-0.2, 0) is 0 Å². The summed E-state index contributed by atoms with van der Waals surface area (Å²) in [6, 6.07) is 0. The molecule has 2 aromatic heterocycles. The van der Waals surface area contributed by atoms with Crippen molar-refractivity contribution in [1.29, 1.82) is 0 Å². The molecule has 0 aliphatic heterocycles. The molecule has 3 N–H and O–H groups in total. The molecular formula is C11H14N4O2S. The van der Waals surface area contributed by atoms with Crippen LogP contribution in [0, 0.1) is 0 Å². The van der Waals surface area contributed by atoms with Gasteiger partial charge in [-0.3, -0.25) is 14.0 Å². The van der Waals surface area contributed by atoms with Gasteiger partial charge in [-0.1, -0.05) is 0 Å². The van der Waals surface area contributed by atoms with E-state index in [1.807, 2.05) is 0 Å². The van der Waals surface area contributed by atoms with E-state index in [9.17, 15) is 9.59 Å². The van der Waals surface area contributed by atoms with Crippen molar-refractivity contribution in [1.82, 2.24) is 14.7 Å². The second kappa shape index (κ2) is 4.51. The minimum atomic E-state index is -0.558. The van der Waals surface area contributed by atoms with Gasteiger partial charge in [0.15, 0.2) is 4.96 Å². The normalized spacial score (nSPS) is 11.7. The zero-order valence-corrected chi connectivity index (χ0v) is 11.0. The maximum atomic E-state index is 12.0. The maximum Gasteiger partial charge on any atom is 0.271 e. The predicted molar refractivity (Wildman–Crippen MR) is 69.9 cm³/mol. The van der Waals surface area contributed by atoms with Crippen molar-refractivity contribution in [2.24, 2.45) is 5.73 Å². The molecule has 2 rings (SSSR count). The molecule has 0 aliphatic rings. The van der Waals surface area contributed by atoms with Crippen LogP contribution in [0.25, 0.3) is 4.96 Å². The molecule has 0 spiro atoms. The van der Waals surface area contributed by atoms with Gasteiger partial charge in [-0.2, -0.15) is 0 Å². The van der Waals surface area contributed by atoms with Gasteiger partial charge in [0.2, 0.25) is 0 Å². The average molecular weight is 266 g/mol. The highest BCUT2D eigenvalue weighted by Crippen LogP contribution is 2.06. The maximum absolute atomic E-state index is 12.0. The van der Waals surface area contributed by atoms with Gasteiger partial charge < -0.3 is 11.1 Å². The smallest absolute Gasteiger partial charge is 0.271 e. The Labute approximate surface area is 107 Å². The van der Waals surface area contributed by atoms with Crippen LogP contribution in [0.2, 0.25) is 0 Å². The van der Waals surface area contributed by atoms with Crippen LogP contribution in [0.4, 0.5) is 0 Å². The summed E-state index contributed by atoms with van der Waals surface area (Å²) in [5, 5.41) is 4.45. The number of nitrogens with two attached hydrogens (primary N) is 1. The van der Waals surface area contributed by atoms with E-state index in [1.54, 1.807) is 25.4 Å². The van der Waals surface area contributed by atoms with Crippen LogP contribution in [-0.4, -0.2) is 27.4 Å². The third kappa shape index (κ3) is 2.27. The van der Waals surface area contributed by atoms with Gasteiger partial charge in [0.1, 0.15) is 5.56 Å². The molecule has 0 aromatic carbocycles. The molecule has 96 valence electrons. The predicted octanol–water partition coefficient (Wildman–Crippen LogP) is 0.223. The van der Waals surface area contributed by atoms with Gasteiger partial charge in [0, 0.05) is 29.9 Å². The fourth-order valence-electron chi connectivity index (χ4n) is 1.41. The molecule has 0 fully saturated rings. The van der Waals surface area contributed by atoms with E-state index >= 15 is 0 Å².